The average Bonchev–Trinajstić information content (AvgIpc) is 4.04. The maximum Gasteiger partial charge on any atom is 0.159 e. The average molecular weight is 693 g/mol. The lowest BCUT2D eigenvalue weighted by Crippen LogP contribution is -2.20. The Balaban J connectivity index is 1.14. The molecular weight excluding hydrogens is 653 g/mol. The maximum atomic E-state index is 4.71. The highest BCUT2D eigenvalue weighted by Gasteiger charge is 2.46. The van der Waals surface area contributed by atoms with Gasteiger partial charge in [-0.05, 0) is 138 Å². The van der Waals surface area contributed by atoms with E-state index in [0.29, 0.717) is 0 Å². The molecule has 0 unspecified atom stereocenters. The second-order valence-corrected chi connectivity index (χ2v) is 16.3. The largest absolute Gasteiger partial charge is 0.237 e. The highest BCUT2D eigenvalue weighted by Crippen LogP contribution is 2.59. The third-order valence-electron chi connectivity index (χ3n) is 13.9. The molecule has 2 saturated carbocycles. The number of aromatic nitrogens is 2. The molecule has 2 spiro atoms. The van der Waals surface area contributed by atoms with Gasteiger partial charge in [0.2, 0.25) is 0 Å². The van der Waals surface area contributed by atoms with Gasteiger partial charge in [0.15, 0.2) is 5.82 Å². The molecule has 12 rings (SSSR count). The molecule has 2 nitrogen and oxygen atoms in total. The van der Waals surface area contributed by atoms with Crippen molar-refractivity contribution in [3.63, 3.8) is 0 Å². The van der Waals surface area contributed by atoms with Crippen LogP contribution in [0.15, 0.2) is 146 Å². The minimum atomic E-state index is 0.106. The van der Waals surface area contributed by atoms with Gasteiger partial charge in [0, 0.05) is 28.8 Å². The van der Waals surface area contributed by atoms with Gasteiger partial charge >= 0.3 is 0 Å². The number of benzene rings is 7. The summed E-state index contributed by atoms with van der Waals surface area (Å²) in [5, 5.41) is 5.13. The fourth-order valence-electron chi connectivity index (χ4n) is 11.6. The molecule has 4 aliphatic rings. The first-order valence-corrected chi connectivity index (χ1v) is 20.0. The Morgan fingerprint density at radius 3 is 1.35 bits per heavy atom. The molecule has 258 valence electrons. The lowest BCUT2D eigenvalue weighted by molar-refractivity contribution is 0.550. The standard InChI is InChI=1S/C52H40N2/c1-2-15-41-40(14-1)48(33-18-21-38-36-12-3-5-16-44(36)51(46(38)31-33)24-7-8-25-51)42-23-20-35(50-53-28-11-29-54-50)30-43(42)49(41)34-19-22-39-37-13-4-6-17-45(37)52(47(39)32-34)26-9-10-27-52/h1-6,11-23,28-32H,7-10,24-27H2. The van der Waals surface area contributed by atoms with E-state index < -0.39 is 0 Å². The molecule has 2 heteroatoms. The molecule has 0 atom stereocenters. The van der Waals surface area contributed by atoms with Gasteiger partial charge in [-0.25, -0.2) is 9.97 Å². The second-order valence-electron chi connectivity index (χ2n) is 16.3. The molecule has 0 aliphatic heterocycles. The van der Waals surface area contributed by atoms with Crippen LogP contribution in [0.1, 0.15) is 73.6 Å². The van der Waals surface area contributed by atoms with Crippen LogP contribution in [-0.2, 0) is 10.8 Å². The summed E-state index contributed by atoms with van der Waals surface area (Å²) in [4.78, 5) is 9.42. The summed E-state index contributed by atoms with van der Waals surface area (Å²) in [6.07, 6.45) is 13.7. The first kappa shape index (κ1) is 30.6. The SMILES string of the molecule is c1cnc(-c2ccc3c(-c4ccc5c(c4)C4(CCCC4)c4ccccc4-5)c4ccccc4c(-c4ccc5c(c4)C4(CCCC4)c4ccccc4-5)c3c2)nc1. The predicted molar refractivity (Wildman–Crippen MR) is 223 cm³/mol. The molecule has 1 aromatic heterocycles. The molecule has 0 N–H and O–H groups in total. The molecule has 0 saturated heterocycles. The van der Waals surface area contributed by atoms with E-state index in [2.05, 4.69) is 127 Å². The second kappa shape index (κ2) is 11.3. The van der Waals surface area contributed by atoms with Crippen molar-refractivity contribution in [2.24, 2.45) is 0 Å². The van der Waals surface area contributed by atoms with Crippen molar-refractivity contribution in [1.29, 1.82) is 0 Å². The minimum absolute atomic E-state index is 0.106. The van der Waals surface area contributed by atoms with Gasteiger partial charge in [-0.1, -0.05) is 135 Å². The van der Waals surface area contributed by atoms with Crippen LogP contribution in [-0.4, -0.2) is 9.97 Å². The summed E-state index contributed by atoms with van der Waals surface area (Å²) < 4.78 is 0. The Bertz CT molecular complexity index is 2830. The molecule has 0 radical (unpaired) electrons. The lowest BCUT2D eigenvalue weighted by Gasteiger charge is -2.28. The summed E-state index contributed by atoms with van der Waals surface area (Å²) in [7, 11) is 0. The summed E-state index contributed by atoms with van der Waals surface area (Å²) in [5.74, 6) is 0.757. The van der Waals surface area contributed by atoms with E-state index in [9.17, 15) is 0 Å². The van der Waals surface area contributed by atoms with Crippen LogP contribution in [0.4, 0.5) is 0 Å². The van der Waals surface area contributed by atoms with E-state index in [1.54, 1.807) is 0 Å². The fraction of sp³-hybridized carbons (Fsp3) is 0.192. The van der Waals surface area contributed by atoms with Gasteiger partial charge in [0.1, 0.15) is 0 Å². The monoisotopic (exact) mass is 692 g/mol. The van der Waals surface area contributed by atoms with Crippen molar-refractivity contribution in [3.8, 4) is 55.9 Å². The number of hydrogen-bond donors (Lipinski definition) is 0. The predicted octanol–water partition coefficient (Wildman–Crippen LogP) is 13.5. The molecule has 0 bridgehead atoms. The van der Waals surface area contributed by atoms with Crippen molar-refractivity contribution in [3.05, 3.63) is 168 Å². The van der Waals surface area contributed by atoms with Gasteiger partial charge < -0.3 is 0 Å². The Morgan fingerprint density at radius 1 is 0.352 bits per heavy atom. The quantitative estimate of drug-likeness (QED) is 0.172. The van der Waals surface area contributed by atoms with Gasteiger partial charge in [0.25, 0.3) is 0 Å². The maximum absolute atomic E-state index is 4.71. The topological polar surface area (TPSA) is 25.8 Å². The molecule has 1 heterocycles. The van der Waals surface area contributed by atoms with Crippen molar-refractivity contribution in [2.75, 3.05) is 0 Å². The first-order chi connectivity index (χ1) is 26.7. The highest BCUT2D eigenvalue weighted by atomic mass is 14.8. The molecular formula is C52H40N2. The molecule has 7 aromatic carbocycles. The summed E-state index contributed by atoms with van der Waals surface area (Å²) >= 11 is 0. The first-order valence-electron chi connectivity index (χ1n) is 20.0. The Morgan fingerprint density at radius 2 is 0.796 bits per heavy atom. The summed E-state index contributed by atoms with van der Waals surface area (Å²) in [6, 6.07) is 51.2. The number of fused-ring (bicyclic) bond motifs is 12. The minimum Gasteiger partial charge on any atom is -0.237 e. The fourth-order valence-corrected chi connectivity index (χ4v) is 11.6. The molecule has 54 heavy (non-hydrogen) atoms. The van der Waals surface area contributed by atoms with E-state index in [4.69, 9.17) is 9.97 Å². The van der Waals surface area contributed by atoms with Gasteiger partial charge in [-0.2, -0.15) is 0 Å². The molecule has 2 fully saturated rings. The molecule has 0 amide bonds. The highest BCUT2D eigenvalue weighted by molar-refractivity contribution is 6.22. The van der Waals surface area contributed by atoms with Gasteiger partial charge in [-0.3, -0.25) is 0 Å². The van der Waals surface area contributed by atoms with Crippen molar-refractivity contribution >= 4 is 21.5 Å². The van der Waals surface area contributed by atoms with E-state index in [0.717, 1.165) is 11.4 Å². The smallest absolute Gasteiger partial charge is 0.159 e. The van der Waals surface area contributed by atoms with Crippen LogP contribution in [0.2, 0.25) is 0 Å². The third kappa shape index (κ3) is 4.06. The van der Waals surface area contributed by atoms with Crippen LogP contribution in [0.5, 0.6) is 0 Å². The summed E-state index contributed by atoms with van der Waals surface area (Å²) in [5.41, 5.74) is 18.3. The van der Waals surface area contributed by atoms with Crippen LogP contribution >= 0.6 is 0 Å². The molecule has 8 aromatic rings. The Kier molecular flexibility index (Phi) is 6.41. The van der Waals surface area contributed by atoms with E-state index >= 15 is 0 Å². The van der Waals surface area contributed by atoms with Crippen LogP contribution < -0.4 is 0 Å². The Labute approximate surface area is 316 Å². The lowest BCUT2D eigenvalue weighted by atomic mass is 9.75. The van der Waals surface area contributed by atoms with Crippen molar-refractivity contribution < 1.29 is 0 Å². The van der Waals surface area contributed by atoms with Crippen molar-refractivity contribution in [1.82, 2.24) is 9.97 Å². The zero-order valence-corrected chi connectivity index (χ0v) is 30.4. The zero-order valence-electron chi connectivity index (χ0n) is 30.4. The van der Waals surface area contributed by atoms with E-state index in [1.807, 2.05) is 18.5 Å². The van der Waals surface area contributed by atoms with Gasteiger partial charge in [0.05, 0.1) is 0 Å². The zero-order chi connectivity index (χ0) is 35.4. The summed E-state index contributed by atoms with van der Waals surface area (Å²) in [6.45, 7) is 0. The van der Waals surface area contributed by atoms with Crippen LogP contribution in [0, 0.1) is 0 Å². The third-order valence-corrected chi connectivity index (χ3v) is 13.9. The van der Waals surface area contributed by atoms with Crippen LogP contribution in [0.25, 0.3) is 77.4 Å². The normalized spacial score (nSPS) is 17.0. The number of hydrogen-bond acceptors (Lipinski definition) is 2. The molecule has 4 aliphatic carbocycles. The van der Waals surface area contributed by atoms with E-state index in [1.165, 1.54) is 140 Å². The van der Waals surface area contributed by atoms with E-state index in [-0.39, 0.29) is 10.8 Å². The van der Waals surface area contributed by atoms with Crippen molar-refractivity contribution in [2.45, 2.75) is 62.2 Å². The number of nitrogens with zero attached hydrogens (tertiary/aromatic N) is 2. The Hall–Kier alpha value is -5.86. The van der Waals surface area contributed by atoms with Gasteiger partial charge in [-0.15, -0.1) is 0 Å². The van der Waals surface area contributed by atoms with Crippen LogP contribution in [0.3, 0.4) is 0 Å². The number of rotatable bonds is 3.